The largest absolute Gasteiger partial charge is 0.420 e. The molecule has 142 valence electrons. The summed E-state index contributed by atoms with van der Waals surface area (Å²) in [5.41, 5.74) is 3.17. The molecule has 1 aromatic heterocycles. The lowest BCUT2D eigenvalue weighted by atomic mass is 9.92. The predicted molar refractivity (Wildman–Crippen MR) is 103 cm³/mol. The van der Waals surface area contributed by atoms with E-state index in [0.717, 1.165) is 11.1 Å². The van der Waals surface area contributed by atoms with Crippen LogP contribution in [-0.4, -0.2) is 10.5 Å². The highest BCUT2D eigenvalue weighted by Crippen LogP contribution is 2.25. The van der Waals surface area contributed by atoms with E-state index in [9.17, 15) is 14.0 Å². The Bertz CT molecular complexity index is 1040. The number of fused-ring (bicyclic) bond motifs is 1. The smallest absolute Gasteiger partial charge is 0.408 e. The van der Waals surface area contributed by atoms with E-state index in [1.54, 1.807) is 18.2 Å². The molecule has 0 radical (unpaired) electrons. The van der Waals surface area contributed by atoms with Gasteiger partial charge in [-0.15, -0.1) is 0 Å². The van der Waals surface area contributed by atoms with Gasteiger partial charge in [0, 0.05) is 18.2 Å². The van der Waals surface area contributed by atoms with E-state index in [4.69, 9.17) is 4.42 Å². The van der Waals surface area contributed by atoms with E-state index in [-0.39, 0.29) is 23.7 Å². The molecule has 0 aliphatic carbocycles. The number of amides is 1. The van der Waals surface area contributed by atoms with E-state index in [2.05, 4.69) is 5.32 Å². The molecule has 5 nitrogen and oxygen atoms in total. The van der Waals surface area contributed by atoms with Crippen molar-refractivity contribution in [2.24, 2.45) is 5.41 Å². The monoisotopic (exact) mass is 370 g/mol. The fraction of sp³-hybridized carbons (Fsp3) is 0.333. The van der Waals surface area contributed by atoms with Crippen molar-refractivity contribution in [3.63, 3.8) is 0 Å². The summed E-state index contributed by atoms with van der Waals surface area (Å²) in [5, 5.41) is 2.89. The standard InChI is InChI=1S/C21H23FN2O3/c1-13-9-17-18(10-16(13)23-19(25)11-21(2,3)4)27-20(26)24(17)12-14-5-7-15(22)8-6-14/h5-10H,11-12H2,1-4H3,(H,23,25). The molecule has 27 heavy (non-hydrogen) atoms. The first-order valence-electron chi connectivity index (χ1n) is 8.81. The molecule has 0 unspecified atom stereocenters. The first-order chi connectivity index (χ1) is 12.6. The van der Waals surface area contributed by atoms with Gasteiger partial charge in [0.15, 0.2) is 5.58 Å². The van der Waals surface area contributed by atoms with Crippen LogP contribution < -0.4 is 11.1 Å². The quantitative estimate of drug-likeness (QED) is 0.737. The molecular weight excluding hydrogens is 347 g/mol. The Morgan fingerprint density at radius 1 is 1.19 bits per heavy atom. The van der Waals surface area contributed by atoms with Gasteiger partial charge in [0.2, 0.25) is 5.91 Å². The molecule has 0 saturated carbocycles. The highest BCUT2D eigenvalue weighted by molar-refractivity contribution is 5.94. The van der Waals surface area contributed by atoms with Gasteiger partial charge in [-0.05, 0) is 41.7 Å². The Morgan fingerprint density at radius 2 is 1.85 bits per heavy atom. The lowest BCUT2D eigenvalue weighted by Gasteiger charge is -2.18. The van der Waals surface area contributed by atoms with Crippen LogP contribution in [0.3, 0.4) is 0 Å². The van der Waals surface area contributed by atoms with Gasteiger partial charge >= 0.3 is 5.76 Å². The maximum Gasteiger partial charge on any atom is 0.420 e. The Balaban J connectivity index is 1.92. The summed E-state index contributed by atoms with van der Waals surface area (Å²) in [6, 6.07) is 9.47. The van der Waals surface area contributed by atoms with Crippen molar-refractivity contribution in [1.29, 1.82) is 0 Å². The molecule has 6 heteroatoms. The topological polar surface area (TPSA) is 64.2 Å². The molecule has 1 heterocycles. The number of halogens is 1. The number of carbonyl (C=O) groups excluding carboxylic acids is 1. The van der Waals surface area contributed by atoms with Gasteiger partial charge < -0.3 is 9.73 Å². The van der Waals surface area contributed by atoms with Gasteiger partial charge in [0.1, 0.15) is 5.82 Å². The number of hydrogen-bond acceptors (Lipinski definition) is 3. The molecule has 0 bridgehead atoms. The Labute approximate surface area is 156 Å². The van der Waals surface area contributed by atoms with Gasteiger partial charge in [-0.2, -0.15) is 0 Å². The van der Waals surface area contributed by atoms with Crippen LogP contribution in [0.4, 0.5) is 10.1 Å². The molecule has 0 atom stereocenters. The van der Waals surface area contributed by atoms with Crippen molar-refractivity contribution >= 4 is 22.7 Å². The maximum absolute atomic E-state index is 13.1. The van der Waals surface area contributed by atoms with Crippen LogP contribution in [0, 0.1) is 18.2 Å². The molecule has 0 fully saturated rings. The third-order valence-electron chi connectivity index (χ3n) is 4.23. The van der Waals surface area contributed by atoms with Crippen molar-refractivity contribution in [3.05, 3.63) is 63.9 Å². The fourth-order valence-corrected chi connectivity index (χ4v) is 2.95. The number of aryl methyl sites for hydroxylation is 1. The van der Waals surface area contributed by atoms with Gasteiger partial charge in [-0.1, -0.05) is 32.9 Å². The lowest BCUT2D eigenvalue weighted by molar-refractivity contribution is -0.117. The molecule has 2 aromatic carbocycles. The Hall–Kier alpha value is -2.89. The van der Waals surface area contributed by atoms with Crippen molar-refractivity contribution in [2.75, 3.05) is 5.32 Å². The predicted octanol–water partition coefficient (Wildman–Crippen LogP) is 4.47. The molecule has 0 aliphatic heterocycles. The Kier molecular flexibility index (Phi) is 4.91. The molecule has 1 amide bonds. The van der Waals surface area contributed by atoms with Crippen molar-refractivity contribution in [3.8, 4) is 0 Å². The van der Waals surface area contributed by atoms with E-state index in [0.29, 0.717) is 23.2 Å². The Morgan fingerprint density at radius 3 is 2.48 bits per heavy atom. The van der Waals surface area contributed by atoms with Crippen LogP contribution in [-0.2, 0) is 11.3 Å². The van der Waals surface area contributed by atoms with Crippen LogP contribution in [0.15, 0.2) is 45.6 Å². The van der Waals surface area contributed by atoms with Crippen LogP contribution in [0.25, 0.3) is 11.1 Å². The number of oxazole rings is 1. The van der Waals surface area contributed by atoms with Crippen LogP contribution >= 0.6 is 0 Å². The summed E-state index contributed by atoms with van der Waals surface area (Å²) in [4.78, 5) is 24.5. The zero-order valence-corrected chi connectivity index (χ0v) is 15.9. The van der Waals surface area contributed by atoms with Crippen LogP contribution in [0.2, 0.25) is 0 Å². The molecule has 1 N–H and O–H groups in total. The zero-order chi connectivity index (χ0) is 19.8. The number of rotatable bonds is 4. The summed E-state index contributed by atoms with van der Waals surface area (Å²) in [7, 11) is 0. The van der Waals surface area contributed by atoms with E-state index >= 15 is 0 Å². The maximum atomic E-state index is 13.1. The van der Waals surface area contributed by atoms with Crippen molar-refractivity contribution in [1.82, 2.24) is 4.57 Å². The molecule has 3 aromatic rings. The third kappa shape index (κ3) is 4.45. The van der Waals surface area contributed by atoms with E-state index in [1.807, 2.05) is 33.8 Å². The zero-order valence-electron chi connectivity index (χ0n) is 15.9. The first-order valence-corrected chi connectivity index (χ1v) is 8.81. The first kappa shape index (κ1) is 18.9. The van der Waals surface area contributed by atoms with Gasteiger partial charge in [-0.25, -0.2) is 9.18 Å². The fourth-order valence-electron chi connectivity index (χ4n) is 2.95. The average molecular weight is 370 g/mol. The number of anilines is 1. The van der Waals surface area contributed by atoms with Crippen LogP contribution in [0.5, 0.6) is 0 Å². The number of nitrogens with zero attached hydrogens (tertiary/aromatic N) is 1. The van der Waals surface area contributed by atoms with Gasteiger partial charge in [0.05, 0.1) is 12.1 Å². The van der Waals surface area contributed by atoms with E-state index in [1.165, 1.54) is 16.7 Å². The SMILES string of the molecule is Cc1cc2c(cc1NC(=O)CC(C)(C)C)oc(=O)n2Cc1ccc(F)cc1. The summed E-state index contributed by atoms with van der Waals surface area (Å²) in [6.07, 6.45) is 0.389. The summed E-state index contributed by atoms with van der Waals surface area (Å²) in [6.45, 7) is 8.14. The van der Waals surface area contributed by atoms with Gasteiger partial charge in [-0.3, -0.25) is 9.36 Å². The average Bonchev–Trinajstić information content (AvgIpc) is 2.83. The minimum atomic E-state index is -0.494. The number of benzene rings is 2. The summed E-state index contributed by atoms with van der Waals surface area (Å²) >= 11 is 0. The van der Waals surface area contributed by atoms with E-state index < -0.39 is 5.76 Å². The lowest BCUT2D eigenvalue weighted by Crippen LogP contribution is -2.20. The summed E-state index contributed by atoms with van der Waals surface area (Å²) in [5.74, 6) is -0.903. The summed E-state index contributed by atoms with van der Waals surface area (Å²) < 4.78 is 19.9. The molecule has 0 saturated heterocycles. The minimum absolute atomic E-state index is 0.0851. The highest BCUT2D eigenvalue weighted by Gasteiger charge is 2.18. The second kappa shape index (κ2) is 7.02. The molecular formula is C21H23FN2O3. The second-order valence-electron chi connectivity index (χ2n) is 8.00. The molecule has 0 spiro atoms. The normalized spacial score (nSPS) is 11.7. The highest BCUT2D eigenvalue weighted by atomic mass is 19.1. The minimum Gasteiger partial charge on any atom is -0.408 e. The van der Waals surface area contributed by atoms with Gasteiger partial charge in [0.25, 0.3) is 0 Å². The number of nitrogens with one attached hydrogen (secondary N) is 1. The number of hydrogen-bond donors (Lipinski definition) is 1. The third-order valence-corrected chi connectivity index (χ3v) is 4.23. The van der Waals surface area contributed by atoms with Crippen molar-refractivity contribution < 1.29 is 13.6 Å². The molecule has 0 aliphatic rings. The molecule has 3 rings (SSSR count). The number of aromatic nitrogens is 1. The number of carbonyl (C=O) groups is 1. The second-order valence-corrected chi connectivity index (χ2v) is 8.00. The van der Waals surface area contributed by atoms with Crippen LogP contribution in [0.1, 0.15) is 38.3 Å². The van der Waals surface area contributed by atoms with Crippen molar-refractivity contribution in [2.45, 2.75) is 40.7 Å².